The maximum Gasteiger partial charge on any atom is 0.391 e. The van der Waals surface area contributed by atoms with Crippen LogP contribution < -0.4 is 5.73 Å². The van der Waals surface area contributed by atoms with Crippen molar-refractivity contribution < 1.29 is 13.2 Å². The number of alkyl halides is 3. The van der Waals surface area contributed by atoms with Crippen LogP contribution in [0.5, 0.6) is 0 Å². The number of nitrogens with two attached hydrogens (primary N) is 1. The summed E-state index contributed by atoms with van der Waals surface area (Å²) in [5, 5.41) is 1.97. The lowest BCUT2D eigenvalue weighted by molar-refractivity contribution is -0.184. The van der Waals surface area contributed by atoms with Crippen molar-refractivity contribution in [3.8, 4) is 0 Å². The maximum atomic E-state index is 12.6. The molecule has 0 aromatic carbocycles. The molecule has 0 bridgehead atoms. The Hall–Kier alpha value is -0.0700. The van der Waals surface area contributed by atoms with Crippen molar-refractivity contribution in [2.75, 3.05) is 0 Å². The van der Waals surface area contributed by atoms with E-state index in [1.165, 1.54) is 0 Å². The summed E-state index contributed by atoms with van der Waals surface area (Å²) < 4.78 is 38.7. The topological polar surface area (TPSA) is 26.0 Å². The number of hydrogen-bond acceptors (Lipinski definition) is 2. The van der Waals surface area contributed by atoms with E-state index in [4.69, 9.17) is 5.73 Å². The zero-order valence-electron chi connectivity index (χ0n) is 9.77. The monoisotopic (exact) mass is 341 g/mol. The average molecular weight is 342 g/mol. The van der Waals surface area contributed by atoms with Gasteiger partial charge in [0.1, 0.15) is 0 Å². The van der Waals surface area contributed by atoms with Gasteiger partial charge >= 0.3 is 6.18 Å². The fourth-order valence-electron chi connectivity index (χ4n) is 2.49. The van der Waals surface area contributed by atoms with Crippen LogP contribution in [0, 0.1) is 5.92 Å². The molecule has 2 rings (SSSR count). The van der Waals surface area contributed by atoms with Crippen LogP contribution in [-0.4, -0.2) is 11.7 Å². The van der Waals surface area contributed by atoms with Crippen LogP contribution in [0.1, 0.15) is 30.6 Å². The molecule has 0 aliphatic heterocycles. The Morgan fingerprint density at radius 2 is 2.00 bits per heavy atom. The highest BCUT2D eigenvalue weighted by atomic mass is 79.9. The van der Waals surface area contributed by atoms with E-state index in [-0.39, 0.29) is 12.8 Å². The quantitative estimate of drug-likeness (QED) is 0.841. The van der Waals surface area contributed by atoms with Crippen LogP contribution in [0.3, 0.4) is 0 Å². The zero-order valence-corrected chi connectivity index (χ0v) is 12.2. The highest BCUT2D eigenvalue weighted by Gasteiger charge is 2.44. The second kappa shape index (κ2) is 5.13. The fraction of sp³-hybridized carbons (Fsp3) is 0.667. The molecule has 0 unspecified atom stereocenters. The molecule has 0 radical (unpaired) electrons. The first-order valence-corrected chi connectivity index (χ1v) is 7.54. The van der Waals surface area contributed by atoms with Gasteiger partial charge in [0.2, 0.25) is 0 Å². The van der Waals surface area contributed by atoms with E-state index in [0.717, 1.165) is 9.35 Å². The van der Waals surface area contributed by atoms with Gasteiger partial charge in [-0.3, -0.25) is 0 Å². The van der Waals surface area contributed by atoms with E-state index in [1.807, 2.05) is 11.4 Å². The van der Waals surface area contributed by atoms with Gasteiger partial charge in [0.05, 0.1) is 5.92 Å². The molecule has 0 saturated heterocycles. The Bertz CT molecular complexity index is 408. The first-order chi connectivity index (χ1) is 8.28. The van der Waals surface area contributed by atoms with Gasteiger partial charge in [0, 0.05) is 20.3 Å². The third-order valence-corrected chi connectivity index (χ3v) is 5.29. The Kier molecular flexibility index (Phi) is 4.09. The maximum absolute atomic E-state index is 12.6. The van der Waals surface area contributed by atoms with Crippen LogP contribution in [0.4, 0.5) is 13.2 Å². The summed E-state index contributed by atoms with van der Waals surface area (Å²) in [6.45, 7) is 0. The third-order valence-electron chi connectivity index (χ3n) is 3.59. The molecule has 1 nitrogen and oxygen atoms in total. The summed E-state index contributed by atoms with van der Waals surface area (Å²) >= 11 is 4.97. The average Bonchev–Trinajstić information content (AvgIpc) is 2.62. The van der Waals surface area contributed by atoms with Gasteiger partial charge in [-0.15, -0.1) is 11.3 Å². The van der Waals surface area contributed by atoms with Crippen LogP contribution in [0.25, 0.3) is 0 Å². The lowest BCUT2D eigenvalue weighted by Crippen LogP contribution is -2.47. The molecule has 18 heavy (non-hydrogen) atoms. The van der Waals surface area contributed by atoms with Crippen molar-refractivity contribution in [1.29, 1.82) is 0 Å². The standard InChI is InChI=1S/C12H15BrF3NS/c13-9-5-10(18-7-9)6-11(17)3-1-8(2-4-11)12(14,15)16/h5,7-8H,1-4,6,17H2. The van der Waals surface area contributed by atoms with Crippen LogP contribution >= 0.6 is 27.3 Å². The molecule has 2 N–H and O–H groups in total. The van der Waals surface area contributed by atoms with Crippen LogP contribution in [0.2, 0.25) is 0 Å². The number of thiophene rings is 1. The SMILES string of the molecule is NC1(Cc2cc(Br)cs2)CCC(C(F)(F)F)CC1. The number of rotatable bonds is 2. The van der Waals surface area contributed by atoms with Gasteiger partial charge < -0.3 is 5.73 Å². The molecule has 1 fully saturated rings. The molecule has 1 heterocycles. The van der Waals surface area contributed by atoms with E-state index in [0.29, 0.717) is 19.3 Å². The van der Waals surface area contributed by atoms with Crippen molar-refractivity contribution in [2.24, 2.45) is 11.7 Å². The van der Waals surface area contributed by atoms with E-state index >= 15 is 0 Å². The van der Waals surface area contributed by atoms with Crippen LogP contribution in [-0.2, 0) is 6.42 Å². The molecule has 0 spiro atoms. The van der Waals surface area contributed by atoms with Gasteiger partial charge in [0.25, 0.3) is 0 Å². The Morgan fingerprint density at radius 1 is 1.39 bits per heavy atom. The second-order valence-electron chi connectivity index (χ2n) is 5.09. The van der Waals surface area contributed by atoms with Gasteiger partial charge in [-0.1, -0.05) is 0 Å². The molecule has 1 aromatic rings. The molecule has 6 heteroatoms. The molecule has 0 amide bonds. The summed E-state index contributed by atoms with van der Waals surface area (Å²) in [5.74, 6) is -1.16. The van der Waals surface area contributed by atoms with Crippen LogP contribution in [0.15, 0.2) is 15.9 Å². The van der Waals surface area contributed by atoms with E-state index in [9.17, 15) is 13.2 Å². The Morgan fingerprint density at radius 3 is 2.44 bits per heavy atom. The minimum Gasteiger partial charge on any atom is -0.325 e. The van der Waals surface area contributed by atoms with Crippen molar-refractivity contribution in [1.82, 2.24) is 0 Å². The fourth-order valence-corrected chi connectivity index (χ4v) is 4.10. The second-order valence-corrected chi connectivity index (χ2v) is 7.00. The highest BCUT2D eigenvalue weighted by molar-refractivity contribution is 9.10. The van der Waals surface area contributed by atoms with Gasteiger partial charge in [-0.2, -0.15) is 13.2 Å². The number of hydrogen-bond donors (Lipinski definition) is 1. The van der Waals surface area contributed by atoms with Crippen molar-refractivity contribution in [2.45, 2.75) is 43.8 Å². The van der Waals surface area contributed by atoms with E-state index in [1.54, 1.807) is 11.3 Å². The van der Waals surface area contributed by atoms with Crippen molar-refractivity contribution in [3.63, 3.8) is 0 Å². The van der Waals surface area contributed by atoms with E-state index < -0.39 is 17.6 Å². The Balaban J connectivity index is 1.95. The van der Waals surface area contributed by atoms with Crippen molar-refractivity contribution in [3.05, 3.63) is 20.8 Å². The molecule has 1 aromatic heterocycles. The van der Waals surface area contributed by atoms with E-state index in [2.05, 4.69) is 15.9 Å². The predicted molar refractivity (Wildman–Crippen MR) is 70.7 cm³/mol. The molecule has 0 atom stereocenters. The molecule has 102 valence electrons. The summed E-state index contributed by atoms with van der Waals surface area (Å²) in [6.07, 6.45) is -2.17. The summed E-state index contributed by atoms with van der Waals surface area (Å²) in [7, 11) is 0. The molecule has 1 saturated carbocycles. The lowest BCUT2D eigenvalue weighted by atomic mass is 9.75. The summed E-state index contributed by atoms with van der Waals surface area (Å²) in [5.41, 5.74) is 5.76. The smallest absolute Gasteiger partial charge is 0.325 e. The van der Waals surface area contributed by atoms with Crippen molar-refractivity contribution >= 4 is 27.3 Å². The minimum absolute atomic E-state index is 0.159. The first kappa shape index (κ1) is 14.3. The molecular formula is C12H15BrF3NS. The van der Waals surface area contributed by atoms with Gasteiger partial charge in [-0.05, 0) is 54.1 Å². The number of halogens is 4. The lowest BCUT2D eigenvalue weighted by Gasteiger charge is -2.37. The van der Waals surface area contributed by atoms with Gasteiger partial charge in [0.15, 0.2) is 0 Å². The summed E-state index contributed by atoms with van der Waals surface area (Å²) in [6, 6.07) is 2.00. The zero-order chi connectivity index (χ0) is 13.4. The minimum atomic E-state index is -4.06. The Labute approximate surface area is 117 Å². The molecular weight excluding hydrogens is 327 g/mol. The largest absolute Gasteiger partial charge is 0.391 e. The molecule has 1 aliphatic rings. The highest BCUT2D eigenvalue weighted by Crippen LogP contribution is 2.41. The van der Waals surface area contributed by atoms with Gasteiger partial charge in [-0.25, -0.2) is 0 Å². The normalized spacial score (nSPS) is 29.5. The first-order valence-electron chi connectivity index (χ1n) is 5.87. The third kappa shape index (κ3) is 3.48. The summed E-state index contributed by atoms with van der Waals surface area (Å²) in [4.78, 5) is 1.13. The molecule has 1 aliphatic carbocycles. The predicted octanol–water partition coefficient (Wildman–Crippen LogP) is 4.50.